The number of thioether (sulfide) groups is 1. The zero-order valence-corrected chi connectivity index (χ0v) is 15.6. The summed E-state index contributed by atoms with van der Waals surface area (Å²) in [5.74, 6) is 2.46. The molecule has 0 radical (unpaired) electrons. The summed E-state index contributed by atoms with van der Waals surface area (Å²) in [5.41, 5.74) is 2.73. The molecule has 1 N–H and O–H groups in total. The number of hydrogen-bond donors (Lipinski definition) is 1. The Hall–Kier alpha value is -2.32. The van der Waals surface area contributed by atoms with Gasteiger partial charge in [-0.05, 0) is 24.3 Å². The van der Waals surface area contributed by atoms with E-state index < -0.39 is 0 Å². The van der Waals surface area contributed by atoms with Crippen LogP contribution in [0.1, 0.15) is 5.89 Å². The van der Waals surface area contributed by atoms with Crippen molar-refractivity contribution in [3.63, 3.8) is 0 Å². The molecule has 0 atom stereocenters. The number of hydrogen-bond acceptors (Lipinski definition) is 6. The Morgan fingerprint density at radius 3 is 2.96 bits per heavy atom. The molecular formula is C17H13BrN4O2S. The molecule has 0 unspecified atom stereocenters. The van der Waals surface area contributed by atoms with Crippen LogP contribution >= 0.6 is 27.7 Å². The number of nitrogens with zero attached hydrogens (tertiary/aromatic N) is 3. The van der Waals surface area contributed by atoms with Crippen LogP contribution in [0.25, 0.3) is 22.4 Å². The van der Waals surface area contributed by atoms with E-state index in [1.165, 1.54) is 11.8 Å². The van der Waals surface area contributed by atoms with Crippen molar-refractivity contribution >= 4 is 38.7 Å². The molecule has 0 amide bonds. The standard InChI is InChI=1S/C17H13BrN4O2S/c1-23-12-5-6-13-14(8-12)20-17(19-13)25-9-15-21-16(22-24-15)10-3-2-4-11(18)7-10/h2-8H,9H2,1H3,(H,19,20). The van der Waals surface area contributed by atoms with Crippen molar-refractivity contribution in [2.45, 2.75) is 10.9 Å². The third kappa shape index (κ3) is 3.54. The predicted octanol–water partition coefficient (Wildman–Crippen LogP) is 4.68. The second kappa shape index (κ2) is 6.89. The molecule has 0 aliphatic heterocycles. The fraction of sp³-hybridized carbons (Fsp3) is 0.118. The molecule has 0 saturated carbocycles. The number of methoxy groups -OCH3 is 1. The molecule has 4 aromatic rings. The van der Waals surface area contributed by atoms with E-state index in [0.29, 0.717) is 17.5 Å². The van der Waals surface area contributed by atoms with Crippen LogP contribution in [-0.2, 0) is 5.75 Å². The highest BCUT2D eigenvalue weighted by Crippen LogP contribution is 2.26. The molecule has 2 heterocycles. The fourth-order valence-corrected chi connectivity index (χ4v) is 3.47. The summed E-state index contributed by atoms with van der Waals surface area (Å²) < 4.78 is 11.5. The van der Waals surface area contributed by atoms with Gasteiger partial charge in [-0.3, -0.25) is 0 Å². The van der Waals surface area contributed by atoms with Crippen LogP contribution in [-0.4, -0.2) is 27.2 Å². The van der Waals surface area contributed by atoms with Crippen molar-refractivity contribution in [3.05, 3.63) is 52.8 Å². The number of rotatable bonds is 5. The Kier molecular flexibility index (Phi) is 4.46. The van der Waals surface area contributed by atoms with E-state index in [-0.39, 0.29) is 0 Å². The minimum absolute atomic E-state index is 0.540. The van der Waals surface area contributed by atoms with Gasteiger partial charge in [-0.1, -0.05) is 45.0 Å². The quantitative estimate of drug-likeness (QED) is 0.476. The van der Waals surface area contributed by atoms with Gasteiger partial charge < -0.3 is 14.2 Å². The number of imidazole rings is 1. The van der Waals surface area contributed by atoms with Gasteiger partial charge in [0.1, 0.15) is 5.75 Å². The van der Waals surface area contributed by atoms with Crippen LogP contribution in [0.4, 0.5) is 0 Å². The van der Waals surface area contributed by atoms with Crippen LogP contribution in [0, 0.1) is 0 Å². The van der Waals surface area contributed by atoms with Crippen molar-refractivity contribution in [2.24, 2.45) is 0 Å². The zero-order chi connectivity index (χ0) is 17.2. The van der Waals surface area contributed by atoms with E-state index in [2.05, 4.69) is 36.0 Å². The van der Waals surface area contributed by atoms with Gasteiger partial charge in [0, 0.05) is 16.1 Å². The topological polar surface area (TPSA) is 76.8 Å². The molecule has 8 heteroatoms. The highest BCUT2D eigenvalue weighted by molar-refractivity contribution is 9.10. The average Bonchev–Trinajstić information content (AvgIpc) is 3.25. The summed E-state index contributed by atoms with van der Waals surface area (Å²) in [4.78, 5) is 12.2. The largest absolute Gasteiger partial charge is 0.497 e. The van der Waals surface area contributed by atoms with Crippen molar-refractivity contribution in [2.75, 3.05) is 7.11 Å². The molecular weight excluding hydrogens is 404 g/mol. The second-order valence-electron chi connectivity index (χ2n) is 5.24. The lowest BCUT2D eigenvalue weighted by atomic mass is 10.2. The number of ether oxygens (including phenoxy) is 1. The average molecular weight is 417 g/mol. The second-order valence-corrected chi connectivity index (χ2v) is 7.12. The van der Waals surface area contributed by atoms with E-state index in [0.717, 1.165) is 32.0 Å². The molecule has 0 bridgehead atoms. The third-order valence-corrected chi connectivity index (χ3v) is 4.90. The van der Waals surface area contributed by atoms with Crippen LogP contribution in [0.3, 0.4) is 0 Å². The Labute approximate surface area is 156 Å². The summed E-state index contributed by atoms with van der Waals surface area (Å²) in [6.45, 7) is 0. The highest BCUT2D eigenvalue weighted by atomic mass is 79.9. The summed E-state index contributed by atoms with van der Waals surface area (Å²) in [6.07, 6.45) is 0. The van der Waals surface area contributed by atoms with E-state index in [4.69, 9.17) is 9.26 Å². The third-order valence-electron chi connectivity index (χ3n) is 3.55. The van der Waals surface area contributed by atoms with Crippen molar-refractivity contribution in [3.8, 4) is 17.1 Å². The number of fused-ring (bicyclic) bond motifs is 1. The van der Waals surface area contributed by atoms with Gasteiger partial charge in [-0.2, -0.15) is 4.98 Å². The molecule has 0 saturated heterocycles. The van der Waals surface area contributed by atoms with Gasteiger partial charge in [0.15, 0.2) is 5.16 Å². The zero-order valence-electron chi connectivity index (χ0n) is 13.2. The van der Waals surface area contributed by atoms with Gasteiger partial charge in [-0.25, -0.2) is 4.98 Å². The Bertz CT molecular complexity index is 1030. The normalized spacial score (nSPS) is 11.1. The number of benzene rings is 2. The molecule has 6 nitrogen and oxygen atoms in total. The summed E-state index contributed by atoms with van der Waals surface area (Å²) in [6, 6.07) is 13.5. The van der Waals surface area contributed by atoms with E-state index in [9.17, 15) is 0 Å². The summed E-state index contributed by atoms with van der Waals surface area (Å²) in [7, 11) is 1.64. The maximum Gasteiger partial charge on any atom is 0.237 e. The summed E-state index contributed by atoms with van der Waals surface area (Å²) >= 11 is 4.95. The van der Waals surface area contributed by atoms with Gasteiger partial charge in [-0.15, -0.1) is 0 Å². The lowest BCUT2D eigenvalue weighted by molar-refractivity contribution is 0.391. The number of H-pyrrole nitrogens is 1. The van der Waals surface area contributed by atoms with Gasteiger partial charge in [0.25, 0.3) is 0 Å². The summed E-state index contributed by atoms with van der Waals surface area (Å²) in [5, 5.41) is 4.83. The molecule has 126 valence electrons. The number of aromatic amines is 1. The Morgan fingerprint density at radius 1 is 1.20 bits per heavy atom. The first-order valence-corrected chi connectivity index (χ1v) is 9.24. The minimum atomic E-state index is 0.540. The molecule has 25 heavy (non-hydrogen) atoms. The first kappa shape index (κ1) is 16.2. The van der Waals surface area contributed by atoms with Crippen molar-refractivity contribution in [1.82, 2.24) is 20.1 Å². The van der Waals surface area contributed by atoms with Crippen molar-refractivity contribution < 1.29 is 9.26 Å². The van der Waals surface area contributed by atoms with E-state index >= 15 is 0 Å². The van der Waals surface area contributed by atoms with Crippen LogP contribution < -0.4 is 4.74 Å². The Morgan fingerprint density at radius 2 is 2.12 bits per heavy atom. The van der Waals surface area contributed by atoms with Crippen LogP contribution in [0.5, 0.6) is 5.75 Å². The molecule has 2 aromatic carbocycles. The minimum Gasteiger partial charge on any atom is -0.497 e. The molecule has 2 aromatic heterocycles. The molecule has 4 rings (SSSR count). The van der Waals surface area contributed by atoms with Crippen molar-refractivity contribution in [1.29, 1.82) is 0 Å². The number of nitrogens with one attached hydrogen (secondary N) is 1. The molecule has 0 aliphatic carbocycles. The van der Waals surface area contributed by atoms with E-state index in [1.54, 1.807) is 7.11 Å². The maximum atomic E-state index is 5.33. The highest BCUT2D eigenvalue weighted by Gasteiger charge is 2.11. The first-order chi connectivity index (χ1) is 12.2. The number of aromatic nitrogens is 4. The van der Waals surface area contributed by atoms with Gasteiger partial charge >= 0.3 is 0 Å². The van der Waals surface area contributed by atoms with E-state index in [1.807, 2.05) is 42.5 Å². The maximum absolute atomic E-state index is 5.33. The Balaban J connectivity index is 1.48. The predicted molar refractivity (Wildman–Crippen MR) is 99.6 cm³/mol. The smallest absolute Gasteiger partial charge is 0.237 e. The van der Waals surface area contributed by atoms with Crippen LogP contribution in [0.15, 0.2) is 56.6 Å². The monoisotopic (exact) mass is 416 g/mol. The SMILES string of the molecule is COc1ccc2nc(SCc3nc(-c4cccc(Br)c4)no3)[nH]c2c1. The molecule has 0 fully saturated rings. The lowest BCUT2D eigenvalue weighted by Gasteiger charge is -1.96. The molecule has 0 aliphatic rings. The van der Waals surface area contributed by atoms with Crippen LogP contribution in [0.2, 0.25) is 0 Å². The lowest BCUT2D eigenvalue weighted by Crippen LogP contribution is -1.83. The first-order valence-electron chi connectivity index (χ1n) is 7.46. The fourth-order valence-electron chi connectivity index (χ4n) is 2.35. The molecule has 0 spiro atoms. The number of halogens is 1. The van der Waals surface area contributed by atoms with Gasteiger partial charge in [0.05, 0.1) is 23.9 Å². The van der Waals surface area contributed by atoms with Gasteiger partial charge in [0.2, 0.25) is 11.7 Å².